The molecule has 0 aromatic heterocycles. The summed E-state index contributed by atoms with van der Waals surface area (Å²) in [7, 11) is 4.93. The molecule has 88 valence electrons. The monoisotopic (exact) mass is 215 g/mol. The molecule has 0 fully saturated rings. The lowest BCUT2D eigenvalue weighted by molar-refractivity contribution is -0.140. The Bertz CT molecular complexity index is 202. The number of nitrogens with zero attached hydrogens (tertiary/aromatic N) is 1. The van der Waals surface area contributed by atoms with Crippen LogP contribution in [0.15, 0.2) is 0 Å². The molecule has 15 heavy (non-hydrogen) atoms. The Hall–Kier alpha value is -1.06. The van der Waals surface area contributed by atoms with Crippen molar-refractivity contribution < 1.29 is 14.3 Å². The first-order valence-corrected chi connectivity index (χ1v) is 5.35. The van der Waals surface area contributed by atoms with Gasteiger partial charge in [0.25, 0.3) is 0 Å². The number of carbonyl (C=O) groups is 2. The van der Waals surface area contributed by atoms with Gasteiger partial charge in [0.05, 0.1) is 7.11 Å². The van der Waals surface area contributed by atoms with Crippen molar-refractivity contribution in [3.63, 3.8) is 0 Å². The number of methoxy groups -OCH3 is 1. The van der Waals surface area contributed by atoms with E-state index in [9.17, 15) is 9.59 Å². The van der Waals surface area contributed by atoms with Crippen LogP contribution in [0, 0.1) is 0 Å². The summed E-state index contributed by atoms with van der Waals surface area (Å²) in [6.07, 6.45) is 4.82. The van der Waals surface area contributed by atoms with E-state index in [0.29, 0.717) is 12.8 Å². The first kappa shape index (κ1) is 13.9. The zero-order chi connectivity index (χ0) is 11.7. The number of rotatable bonds is 7. The second-order valence-corrected chi connectivity index (χ2v) is 3.78. The number of hydrogen-bond donors (Lipinski definition) is 0. The van der Waals surface area contributed by atoms with Gasteiger partial charge in [-0.05, 0) is 12.8 Å². The number of esters is 1. The van der Waals surface area contributed by atoms with Gasteiger partial charge in [-0.25, -0.2) is 0 Å². The fraction of sp³-hybridized carbons (Fsp3) is 0.818. The molecule has 0 saturated carbocycles. The molecule has 0 N–H and O–H groups in total. The highest BCUT2D eigenvalue weighted by molar-refractivity contribution is 5.75. The molecule has 0 atom stereocenters. The van der Waals surface area contributed by atoms with Crippen LogP contribution >= 0.6 is 0 Å². The maximum absolute atomic E-state index is 11.2. The first-order valence-electron chi connectivity index (χ1n) is 5.35. The van der Waals surface area contributed by atoms with Crippen molar-refractivity contribution in [1.29, 1.82) is 0 Å². The molecule has 4 nitrogen and oxygen atoms in total. The third-order valence-electron chi connectivity index (χ3n) is 2.25. The highest BCUT2D eigenvalue weighted by Crippen LogP contribution is 2.06. The zero-order valence-corrected chi connectivity index (χ0v) is 9.91. The van der Waals surface area contributed by atoms with Crippen LogP contribution in [0.25, 0.3) is 0 Å². The van der Waals surface area contributed by atoms with Crippen molar-refractivity contribution in [1.82, 2.24) is 4.90 Å². The van der Waals surface area contributed by atoms with Crippen molar-refractivity contribution in [3.05, 3.63) is 0 Å². The molecule has 1 amide bonds. The summed E-state index contributed by atoms with van der Waals surface area (Å²) in [5.74, 6) is 0.0161. The predicted molar refractivity (Wildman–Crippen MR) is 58.4 cm³/mol. The largest absolute Gasteiger partial charge is 0.469 e. The van der Waals surface area contributed by atoms with E-state index < -0.39 is 0 Å². The van der Waals surface area contributed by atoms with E-state index in [1.54, 1.807) is 19.0 Å². The third-order valence-corrected chi connectivity index (χ3v) is 2.25. The minimum absolute atomic E-state index is 0.153. The SMILES string of the molecule is COC(=O)CCCCCCC(=O)N(C)C. The van der Waals surface area contributed by atoms with E-state index in [1.165, 1.54) is 7.11 Å². The van der Waals surface area contributed by atoms with Crippen LogP contribution in [0.1, 0.15) is 38.5 Å². The number of unbranched alkanes of at least 4 members (excludes halogenated alkanes) is 3. The van der Waals surface area contributed by atoms with Gasteiger partial charge in [0.15, 0.2) is 0 Å². The Kier molecular flexibility index (Phi) is 7.68. The first-order chi connectivity index (χ1) is 7.07. The number of carbonyl (C=O) groups excluding carboxylic acids is 2. The standard InChI is InChI=1S/C11H21NO3/c1-12(2)10(13)8-6-4-5-7-9-11(14)15-3/h4-9H2,1-3H3. The topological polar surface area (TPSA) is 46.6 Å². The fourth-order valence-corrected chi connectivity index (χ4v) is 1.22. The molecule has 0 spiro atoms. The van der Waals surface area contributed by atoms with Crippen LogP contribution in [0.3, 0.4) is 0 Å². The highest BCUT2D eigenvalue weighted by Gasteiger charge is 2.03. The fourth-order valence-electron chi connectivity index (χ4n) is 1.22. The van der Waals surface area contributed by atoms with Crippen molar-refractivity contribution in [3.8, 4) is 0 Å². The maximum Gasteiger partial charge on any atom is 0.305 e. The minimum Gasteiger partial charge on any atom is -0.469 e. The van der Waals surface area contributed by atoms with Crippen molar-refractivity contribution in [2.45, 2.75) is 38.5 Å². The van der Waals surface area contributed by atoms with Crippen LogP contribution < -0.4 is 0 Å². The summed E-state index contributed by atoms with van der Waals surface area (Å²) in [6, 6.07) is 0. The summed E-state index contributed by atoms with van der Waals surface area (Å²) in [5.41, 5.74) is 0. The van der Waals surface area contributed by atoms with Gasteiger partial charge >= 0.3 is 5.97 Å². The van der Waals surface area contributed by atoms with E-state index in [0.717, 1.165) is 25.7 Å². The summed E-state index contributed by atoms with van der Waals surface area (Å²) < 4.78 is 4.53. The lowest BCUT2D eigenvalue weighted by Crippen LogP contribution is -2.20. The predicted octanol–water partition coefficient (Wildman–Crippen LogP) is 1.59. The van der Waals surface area contributed by atoms with Crippen molar-refractivity contribution >= 4 is 11.9 Å². The van der Waals surface area contributed by atoms with Crippen LogP contribution in [0.4, 0.5) is 0 Å². The number of hydrogen-bond acceptors (Lipinski definition) is 3. The molecule has 0 rings (SSSR count). The summed E-state index contributed by atoms with van der Waals surface area (Å²) in [4.78, 5) is 23.5. The minimum atomic E-state index is -0.153. The van der Waals surface area contributed by atoms with Gasteiger partial charge in [-0.15, -0.1) is 0 Å². The Labute approximate surface area is 91.6 Å². The molecule has 0 aliphatic carbocycles. The zero-order valence-electron chi connectivity index (χ0n) is 9.91. The highest BCUT2D eigenvalue weighted by atomic mass is 16.5. The Morgan fingerprint density at radius 2 is 1.53 bits per heavy atom. The summed E-state index contributed by atoms with van der Waals surface area (Å²) in [6.45, 7) is 0. The van der Waals surface area contributed by atoms with Crippen LogP contribution in [-0.4, -0.2) is 38.0 Å². The van der Waals surface area contributed by atoms with Gasteiger partial charge in [0.1, 0.15) is 0 Å². The summed E-state index contributed by atoms with van der Waals surface area (Å²) >= 11 is 0. The molecule has 0 aromatic carbocycles. The lowest BCUT2D eigenvalue weighted by atomic mass is 10.1. The normalized spacial score (nSPS) is 9.80. The van der Waals surface area contributed by atoms with Crippen molar-refractivity contribution in [2.24, 2.45) is 0 Å². The molecule has 0 aliphatic rings. The van der Waals surface area contributed by atoms with Gasteiger partial charge in [0.2, 0.25) is 5.91 Å². The molecular weight excluding hydrogens is 194 g/mol. The molecule has 0 heterocycles. The molecule has 0 unspecified atom stereocenters. The lowest BCUT2D eigenvalue weighted by Gasteiger charge is -2.09. The average molecular weight is 215 g/mol. The molecular formula is C11H21NO3. The average Bonchev–Trinajstić information content (AvgIpc) is 2.22. The smallest absolute Gasteiger partial charge is 0.305 e. The van der Waals surface area contributed by atoms with E-state index >= 15 is 0 Å². The molecule has 0 aliphatic heterocycles. The second kappa shape index (κ2) is 8.26. The van der Waals surface area contributed by atoms with E-state index in [1.807, 2.05) is 0 Å². The van der Waals surface area contributed by atoms with Gasteiger partial charge in [-0.3, -0.25) is 9.59 Å². The van der Waals surface area contributed by atoms with Gasteiger partial charge in [-0.1, -0.05) is 12.8 Å². The van der Waals surface area contributed by atoms with Gasteiger partial charge in [0, 0.05) is 26.9 Å². The Morgan fingerprint density at radius 3 is 2.00 bits per heavy atom. The third kappa shape index (κ3) is 7.97. The molecule has 0 saturated heterocycles. The summed E-state index contributed by atoms with van der Waals surface area (Å²) in [5, 5.41) is 0. The van der Waals surface area contributed by atoms with Crippen molar-refractivity contribution in [2.75, 3.05) is 21.2 Å². The Morgan fingerprint density at radius 1 is 1.00 bits per heavy atom. The molecule has 0 aromatic rings. The van der Waals surface area contributed by atoms with Crippen LogP contribution in [0.5, 0.6) is 0 Å². The number of ether oxygens (including phenoxy) is 1. The van der Waals surface area contributed by atoms with E-state index in [2.05, 4.69) is 4.74 Å². The quantitative estimate of drug-likeness (QED) is 0.478. The molecule has 4 heteroatoms. The maximum atomic E-state index is 11.2. The Balaban J connectivity index is 3.25. The van der Waals surface area contributed by atoms with Gasteiger partial charge < -0.3 is 9.64 Å². The van der Waals surface area contributed by atoms with E-state index in [4.69, 9.17) is 0 Å². The van der Waals surface area contributed by atoms with Crippen LogP contribution in [-0.2, 0) is 14.3 Å². The number of amides is 1. The molecule has 0 bridgehead atoms. The second-order valence-electron chi connectivity index (χ2n) is 3.78. The molecule has 0 radical (unpaired) electrons. The van der Waals surface area contributed by atoms with Crippen LogP contribution in [0.2, 0.25) is 0 Å². The van der Waals surface area contributed by atoms with Gasteiger partial charge in [-0.2, -0.15) is 0 Å². The van der Waals surface area contributed by atoms with E-state index in [-0.39, 0.29) is 11.9 Å².